The molecule has 0 aromatic rings. The Balaban J connectivity index is 6.38. The van der Waals surface area contributed by atoms with Gasteiger partial charge in [-0.15, -0.1) is 0 Å². The van der Waals surface area contributed by atoms with Crippen molar-refractivity contribution in [1.82, 2.24) is 0 Å². The molecule has 0 aromatic heterocycles. The Hall–Kier alpha value is -0.980. The monoisotopic (exact) mass is 338 g/mol. The zero-order valence-electron chi connectivity index (χ0n) is 8.29. The fraction of sp³-hybridized carbons (Fsp3) is 1.00. The van der Waals surface area contributed by atoms with Gasteiger partial charge in [0, 0.05) is 0 Å². The number of hydrogen-bond acceptors (Lipinski definition) is 0. The van der Waals surface area contributed by atoms with E-state index in [9.17, 15) is 61.5 Å². The van der Waals surface area contributed by atoms with Gasteiger partial charge in [-0.25, -0.2) is 4.39 Å². The van der Waals surface area contributed by atoms with Crippen molar-refractivity contribution in [3.05, 3.63) is 0 Å². The average molecular weight is 338 g/mol. The minimum absolute atomic E-state index is 7.55. The second-order valence-electron chi connectivity index (χ2n) is 3.30. The predicted molar refractivity (Wildman–Crippen MR) is 31.9 cm³/mol. The zero-order chi connectivity index (χ0) is 17.0. The second kappa shape index (κ2) is 4.26. The normalized spacial score (nSPS) is 16.5. The van der Waals surface area contributed by atoms with E-state index in [2.05, 4.69) is 0 Å². The highest BCUT2D eigenvalue weighted by molar-refractivity contribution is 5.12. The highest BCUT2D eigenvalue weighted by Gasteiger charge is 2.94. The quantitative estimate of drug-likeness (QED) is 0.643. The Morgan fingerprint density at radius 2 is 0.550 bits per heavy atom. The summed E-state index contributed by atoms with van der Waals surface area (Å²) in [5.74, 6) is -16.1. The van der Waals surface area contributed by atoms with E-state index in [-0.39, 0.29) is 0 Å². The van der Waals surface area contributed by atoms with Gasteiger partial charge in [0.25, 0.3) is 0 Å². The molecule has 0 heterocycles. The third-order valence-electron chi connectivity index (χ3n) is 1.96. The highest BCUT2D eigenvalue weighted by atomic mass is 19.4. The Bertz CT molecular complexity index is 337. The Morgan fingerprint density at radius 3 is 0.700 bits per heavy atom. The summed E-state index contributed by atoms with van der Waals surface area (Å²) in [5.41, 5.74) is -8.09. The maximum Gasteiger partial charge on any atom is 0.460 e. The van der Waals surface area contributed by atoms with Crippen molar-refractivity contribution in [1.29, 1.82) is 0 Å². The summed E-state index contributed by atoms with van der Waals surface area (Å²) in [6, 6.07) is 0. The molecule has 0 saturated carbocycles. The van der Waals surface area contributed by atoms with Gasteiger partial charge in [-0.3, -0.25) is 0 Å². The summed E-state index contributed by atoms with van der Waals surface area (Å²) in [6.07, 6.45) is -23.1. The van der Waals surface area contributed by atoms with E-state index in [0.717, 1.165) is 0 Å². The van der Waals surface area contributed by atoms with Gasteiger partial charge in [-0.2, -0.15) is 57.1 Å². The molecule has 20 heavy (non-hydrogen) atoms. The summed E-state index contributed by atoms with van der Waals surface area (Å²) in [6.45, 7) is 0. The molecule has 0 nitrogen and oxygen atoms in total. The largest absolute Gasteiger partial charge is 0.460 e. The van der Waals surface area contributed by atoms with Gasteiger partial charge in [0.1, 0.15) is 0 Å². The number of halogens is 14. The summed E-state index contributed by atoms with van der Waals surface area (Å²) in [7, 11) is 0. The first-order valence-corrected chi connectivity index (χ1v) is 3.90. The second-order valence-corrected chi connectivity index (χ2v) is 3.30. The average Bonchev–Trinajstić information content (AvgIpc) is 2.10. The van der Waals surface area contributed by atoms with E-state index >= 15 is 0 Å². The molecule has 0 rings (SSSR count). The topological polar surface area (TPSA) is 0 Å². The van der Waals surface area contributed by atoms with Gasteiger partial charge in [-0.05, 0) is 0 Å². The fourth-order valence-corrected chi connectivity index (χ4v) is 0.911. The van der Waals surface area contributed by atoms with E-state index < -0.39 is 36.0 Å². The molecule has 14 heteroatoms. The van der Waals surface area contributed by atoms with Crippen LogP contribution in [-0.2, 0) is 0 Å². The molecule has 0 fully saturated rings. The van der Waals surface area contributed by atoms with E-state index in [0.29, 0.717) is 0 Å². The number of rotatable bonds is 2. The van der Waals surface area contributed by atoms with E-state index in [1.54, 1.807) is 0 Å². The minimum atomic E-state index is -8.17. The highest BCUT2D eigenvalue weighted by Crippen LogP contribution is 2.61. The molecule has 0 radical (unpaired) electrons. The number of hydrogen-bond donors (Lipinski definition) is 0. The molecular weight excluding hydrogens is 338 g/mol. The van der Waals surface area contributed by atoms with Crippen LogP contribution in [0.1, 0.15) is 0 Å². The molecule has 122 valence electrons. The van der Waals surface area contributed by atoms with Crippen LogP contribution in [-0.4, -0.2) is 36.0 Å². The van der Waals surface area contributed by atoms with Crippen molar-refractivity contribution >= 4 is 0 Å². The van der Waals surface area contributed by atoms with Crippen LogP contribution in [0.3, 0.4) is 0 Å². The standard InChI is InChI=1S/C6F14/c7-1(4(12,13)14,5(15,16)17)2(8,9)3(10,11)6(18,19)20. The molecule has 0 aliphatic heterocycles. The van der Waals surface area contributed by atoms with Crippen molar-refractivity contribution in [3.63, 3.8) is 0 Å². The first kappa shape index (κ1) is 19.0. The molecule has 0 atom stereocenters. The van der Waals surface area contributed by atoms with Crippen molar-refractivity contribution in [2.45, 2.75) is 36.0 Å². The van der Waals surface area contributed by atoms with Gasteiger partial charge in [-0.1, -0.05) is 0 Å². The van der Waals surface area contributed by atoms with Gasteiger partial charge in [0.2, 0.25) is 0 Å². The van der Waals surface area contributed by atoms with Crippen molar-refractivity contribution in [3.8, 4) is 0 Å². The van der Waals surface area contributed by atoms with Crippen molar-refractivity contribution < 1.29 is 61.5 Å². The van der Waals surface area contributed by atoms with Crippen LogP contribution in [0, 0.1) is 0 Å². The Kier molecular flexibility index (Phi) is 4.05. The molecule has 0 aliphatic rings. The van der Waals surface area contributed by atoms with E-state index in [4.69, 9.17) is 0 Å². The first-order valence-electron chi connectivity index (χ1n) is 3.90. The van der Waals surface area contributed by atoms with Crippen LogP contribution in [0.4, 0.5) is 61.5 Å². The third kappa shape index (κ3) is 2.25. The lowest BCUT2D eigenvalue weighted by Crippen LogP contribution is -2.72. The van der Waals surface area contributed by atoms with Gasteiger partial charge < -0.3 is 0 Å². The van der Waals surface area contributed by atoms with Crippen LogP contribution >= 0.6 is 0 Å². The lowest BCUT2D eigenvalue weighted by Gasteiger charge is -2.39. The van der Waals surface area contributed by atoms with Gasteiger partial charge >= 0.3 is 36.0 Å². The van der Waals surface area contributed by atoms with Crippen LogP contribution < -0.4 is 0 Å². The summed E-state index contributed by atoms with van der Waals surface area (Å²) in [4.78, 5) is 0. The zero-order valence-corrected chi connectivity index (χ0v) is 8.29. The van der Waals surface area contributed by atoms with Gasteiger partial charge in [0.05, 0.1) is 0 Å². The lowest BCUT2D eigenvalue weighted by atomic mass is 9.90. The molecule has 0 spiro atoms. The van der Waals surface area contributed by atoms with Crippen molar-refractivity contribution in [2.24, 2.45) is 0 Å². The summed E-state index contributed by atoms with van der Waals surface area (Å²) < 4.78 is 167. The smallest absolute Gasteiger partial charge is 0.216 e. The van der Waals surface area contributed by atoms with Gasteiger partial charge in [0.15, 0.2) is 0 Å². The minimum Gasteiger partial charge on any atom is -0.216 e. The van der Waals surface area contributed by atoms with Crippen molar-refractivity contribution in [2.75, 3.05) is 0 Å². The molecule has 0 unspecified atom stereocenters. The Labute approximate surface area is 98.9 Å². The van der Waals surface area contributed by atoms with Crippen LogP contribution in [0.5, 0.6) is 0 Å². The molecular formula is C6F14. The maximum atomic E-state index is 12.6. The van der Waals surface area contributed by atoms with E-state index in [1.807, 2.05) is 0 Å². The lowest BCUT2D eigenvalue weighted by molar-refractivity contribution is -0.455. The number of alkyl halides is 14. The summed E-state index contributed by atoms with van der Waals surface area (Å²) in [5, 5.41) is 0. The SMILES string of the molecule is FC(F)(F)C(F)(F)C(F)(F)C(F)(C(F)(F)F)C(F)(F)F. The maximum absolute atomic E-state index is 12.6. The van der Waals surface area contributed by atoms with Crippen LogP contribution in [0.2, 0.25) is 0 Å². The first-order chi connectivity index (χ1) is 8.25. The Morgan fingerprint density at radius 1 is 0.300 bits per heavy atom. The molecule has 0 bridgehead atoms. The van der Waals surface area contributed by atoms with Crippen LogP contribution in [0.25, 0.3) is 0 Å². The molecule has 0 N–H and O–H groups in total. The molecule has 0 saturated heterocycles. The molecule has 0 aromatic carbocycles. The third-order valence-corrected chi connectivity index (χ3v) is 1.96. The fourth-order valence-electron chi connectivity index (χ4n) is 0.911. The molecule has 0 amide bonds. The summed E-state index contributed by atoms with van der Waals surface area (Å²) >= 11 is 0. The van der Waals surface area contributed by atoms with E-state index in [1.165, 1.54) is 0 Å². The molecule has 0 aliphatic carbocycles. The van der Waals surface area contributed by atoms with Crippen LogP contribution in [0.15, 0.2) is 0 Å². The predicted octanol–water partition coefficient (Wildman–Crippen LogP) is 4.65.